The average molecular weight is 261 g/mol. The molecule has 19 heavy (non-hydrogen) atoms. The van der Waals surface area contributed by atoms with Gasteiger partial charge in [0.2, 0.25) is 0 Å². The van der Waals surface area contributed by atoms with Crippen LogP contribution in [-0.2, 0) is 13.6 Å². The maximum absolute atomic E-state index is 4.35. The Bertz CT molecular complexity index is 535. The molecular weight excluding hydrogens is 242 g/mol. The minimum atomic E-state index is 0.584. The van der Waals surface area contributed by atoms with Crippen LogP contribution in [0, 0.1) is 6.92 Å². The second-order valence-corrected chi connectivity index (χ2v) is 4.32. The molecule has 102 valence electrons. The van der Waals surface area contributed by atoms with Crippen molar-refractivity contribution in [2.75, 3.05) is 17.2 Å². The normalized spacial score (nSPS) is 10.5. The Morgan fingerprint density at radius 1 is 1.21 bits per heavy atom. The number of aromatic nitrogens is 5. The molecule has 0 aromatic carbocycles. The molecule has 0 spiro atoms. The van der Waals surface area contributed by atoms with Crippen LogP contribution in [0.3, 0.4) is 0 Å². The van der Waals surface area contributed by atoms with Crippen LogP contribution in [0.25, 0.3) is 0 Å². The molecule has 0 unspecified atom stereocenters. The first-order valence-corrected chi connectivity index (χ1v) is 6.35. The van der Waals surface area contributed by atoms with Gasteiger partial charge in [-0.15, -0.1) is 10.2 Å². The van der Waals surface area contributed by atoms with E-state index in [0.29, 0.717) is 6.54 Å². The van der Waals surface area contributed by atoms with Gasteiger partial charge in [0.15, 0.2) is 5.82 Å². The zero-order valence-electron chi connectivity index (χ0n) is 11.5. The Hall–Kier alpha value is -2.18. The van der Waals surface area contributed by atoms with Gasteiger partial charge < -0.3 is 15.2 Å². The molecule has 0 amide bonds. The standard InChI is InChI=1S/C12H19N7/c1-4-5-13-10-6-11(17-9(2)16-10)14-7-12-18-15-8-19(12)3/h6,8H,4-5,7H2,1-3H3,(H2,13,14,16,17). The van der Waals surface area contributed by atoms with Gasteiger partial charge in [-0.1, -0.05) is 6.92 Å². The number of anilines is 2. The second kappa shape index (κ2) is 6.12. The molecule has 0 aliphatic heterocycles. The van der Waals surface area contributed by atoms with E-state index in [1.54, 1.807) is 6.33 Å². The lowest BCUT2D eigenvalue weighted by Gasteiger charge is -2.09. The lowest BCUT2D eigenvalue weighted by atomic mass is 10.4. The van der Waals surface area contributed by atoms with Gasteiger partial charge >= 0.3 is 0 Å². The minimum Gasteiger partial charge on any atom is -0.370 e. The molecular formula is C12H19N7. The highest BCUT2D eigenvalue weighted by atomic mass is 15.3. The fraction of sp³-hybridized carbons (Fsp3) is 0.500. The summed E-state index contributed by atoms with van der Waals surface area (Å²) in [4.78, 5) is 8.69. The van der Waals surface area contributed by atoms with Gasteiger partial charge in [0.05, 0.1) is 6.54 Å². The highest BCUT2D eigenvalue weighted by Gasteiger charge is 2.04. The summed E-state index contributed by atoms with van der Waals surface area (Å²) in [7, 11) is 1.91. The zero-order valence-corrected chi connectivity index (χ0v) is 11.5. The van der Waals surface area contributed by atoms with Crippen molar-refractivity contribution in [2.24, 2.45) is 7.05 Å². The van der Waals surface area contributed by atoms with Gasteiger partial charge in [-0.3, -0.25) is 0 Å². The summed E-state index contributed by atoms with van der Waals surface area (Å²) in [6, 6.07) is 1.90. The fourth-order valence-electron chi connectivity index (χ4n) is 1.64. The van der Waals surface area contributed by atoms with Crippen molar-refractivity contribution in [1.29, 1.82) is 0 Å². The summed E-state index contributed by atoms with van der Waals surface area (Å²) in [6.07, 6.45) is 2.74. The van der Waals surface area contributed by atoms with Gasteiger partial charge in [-0.25, -0.2) is 9.97 Å². The third kappa shape index (κ3) is 3.64. The van der Waals surface area contributed by atoms with Crippen LogP contribution in [0.4, 0.5) is 11.6 Å². The van der Waals surface area contributed by atoms with Crippen molar-refractivity contribution < 1.29 is 0 Å². The number of rotatable bonds is 6. The highest BCUT2D eigenvalue weighted by molar-refractivity contribution is 5.47. The van der Waals surface area contributed by atoms with E-state index in [2.05, 4.69) is 37.7 Å². The quantitative estimate of drug-likeness (QED) is 0.817. The Balaban J connectivity index is 2.03. The van der Waals surface area contributed by atoms with Crippen LogP contribution in [0.5, 0.6) is 0 Å². The van der Waals surface area contributed by atoms with Crippen LogP contribution in [0.15, 0.2) is 12.4 Å². The first-order chi connectivity index (χ1) is 9.19. The van der Waals surface area contributed by atoms with Gasteiger partial charge in [-0.2, -0.15) is 0 Å². The third-order valence-electron chi connectivity index (χ3n) is 2.63. The molecule has 2 aromatic heterocycles. The van der Waals surface area contributed by atoms with Crippen molar-refractivity contribution in [3.05, 3.63) is 24.0 Å². The molecule has 7 heteroatoms. The van der Waals surface area contributed by atoms with E-state index in [1.165, 1.54) is 0 Å². The molecule has 0 radical (unpaired) electrons. The van der Waals surface area contributed by atoms with Crippen molar-refractivity contribution in [3.8, 4) is 0 Å². The summed E-state index contributed by atoms with van der Waals surface area (Å²) < 4.78 is 1.87. The Kier molecular flexibility index (Phi) is 4.27. The molecule has 0 saturated carbocycles. The van der Waals surface area contributed by atoms with Crippen molar-refractivity contribution in [1.82, 2.24) is 24.7 Å². The number of hydrogen-bond donors (Lipinski definition) is 2. The maximum atomic E-state index is 4.35. The van der Waals surface area contributed by atoms with E-state index in [9.17, 15) is 0 Å². The van der Waals surface area contributed by atoms with Gasteiger partial charge in [0, 0.05) is 19.7 Å². The largest absolute Gasteiger partial charge is 0.370 e. The lowest BCUT2D eigenvalue weighted by molar-refractivity contribution is 0.809. The van der Waals surface area contributed by atoms with E-state index in [1.807, 2.05) is 24.6 Å². The summed E-state index contributed by atoms with van der Waals surface area (Å²) in [5.74, 6) is 3.23. The summed E-state index contributed by atoms with van der Waals surface area (Å²) >= 11 is 0. The molecule has 0 atom stereocenters. The molecule has 0 bridgehead atoms. The number of aryl methyl sites for hydroxylation is 2. The Labute approximate surface area is 112 Å². The Morgan fingerprint density at radius 2 is 1.95 bits per heavy atom. The third-order valence-corrected chi connectivity index (χ3v) is 2.63. The monoisotopic (exact) mass is 261 g/mol. The van der Waals surface area contributed by atoms with E-state index >= 15 is 0 Å². The Morgan fingerprint density at radius 3 is 2.58 bits per heavy atom. The van der Waals surface area contributed by atoms with E-state index in [0.717, 1.165) is 36.3 Å². The van der Waals surface area contributed by atoms with Crippen LogP contribution in [-0.4, -0.2) is 31.3 Å². The van der Waals surface area contributed by atoms with Gasteiger partial charge in [-0.05, 0) is 13.3 Å². The van der Waals surface area contributed by atoms with E-state index in [4.69, 9.17) is 0 Å². The topological polar surface area (TPSA) is 80.5 Å². The second-order valence-electron chi connectivity index (χ2n) is 4.32. The van der Waals surface area contributed by atoms with Gasteiger partial charge in [0.1, 0.15) is 23.8 Å². The van der Waals surface area contributed by atoms with Crippen LogP contribution in [0.2, 0.25) is 0 Å². The lowest BCUT2D eigenvalue weighted by Crippen LogP contribution is -2.09. The molecule has 0 saturated heterocycles. The summed E-state index contributed by atoms with van der Waals surface area (Å²) in [6.45, 7) is 5.48. The summed E-state index contributed by atoms with van der Waals surface area (Å²) in [5.41, 5.74) is 0. The predicted molar refractivity (Wildman–Crippen MR) is 73.9 cm³/mol. The fourth-order valence-corrected chi connectivity index (χ4v) is 1.64. The molecule has 2 aromatic rings. The first kappa shape index (κ1) is 13.3. The highest BCUT2D eigenvalue weighted by Crippen LogP contribution is 2.11. The molecule has 2 rings (SSSR count). The van der Waals surface area contributed by atoms with Crippen molar-refractivity contribution in [2.45, 2.75) is 26.8 Å². The zero-order chi connectivity index (χ0) is 13.7. The molecule has 0 fully saturated rings. The molecule has 7 nitrogen and oxygen atoms in total. The number of nitrogens with one attached hydrogen (secondary N) is 2. The summed E-state index contributed by atoms with van der Waals surface area (Å²) in [5, 5.41) is 14.3. The number of hydrogen-bond acceptors (Lipinski definition) is 6. The SMILES string of the molecule is CCCNc1cc(NCc2nncn2C)nc(C)n1. The molecule has 2 heterocycles. The number of nitrogens with zero attached hydrogens (tertiary/aromatic N) is 5. The van der Waals surface area contributed by atoms with Crippen LogP contribution < -0.4 is 10.6 Å². The van der Waals surface area contributed by atoms with E-state index < -0.39 is 0 Å². The molecule has 0 aliphatic carbocycles. The van der Waals surface area contributed by atoms with Crippen LogP contribution in [0.1, 0.15) is 25.0 Å². The molecule has 2 N–H and O–H groups in total. The minimum absolute atomic E-state index is 0.584. The van der Waals surface area contributed by atoms with Gasteiger partial charge in [0.25, 0.3) is 0 Å². The van der Waals surface area contributed by atoms with Crippen molar-refractivity contribution in [3.63, 3.8) is 0 Å². The first-order valence-electron chi connectivity index (χ1n) is 6.35. The van der Waals surface area contributed by atoms with Crippen molar-refractivity contribution >= 4 is 11.6 Å². The average Bonchev–Trinajstić information content (AvgIpc) is 2.79. The molecule has 0 aliphatic rings. The predicted octanol–water partition coefficient (Wildman–Crippen LogP) is 1.35. The van der Waals surface area contributed by atoms with Crippen LogP contribution >= 0.6 is 0 Å². The van der Waals surface area contributed by atoms with E-state index in [-0.39, 0.29) is 0 Å². The smallest absolute Gasteiger partial charge is 0.151 e. The maximum Gasteiger partial charge on any atom is 0.151 e.